The molecule has 2 aromatic rings. The third-order valence-electron chi connectivity index (χ3n) is 3.77. The molecular weight excluding hydrogens is 396 g/mol. The lowest BCUT2D eigenvalue weighted by atomic mass is 10.2. The largest absolute Gasteiger partial charge is 0.494 e. The van der Waals surface area contributed by atoms with Gasteiger partial charge in [-0.15, -0.1) is 0 Å². The van der Waals surface area contributed by atoms with Crippen LogP contribution in [0.15, 0.2) is 34.2 Å². The smallest absolute Gasteiger partial charge is 0.319 e. The Morgan fingerprint density at radius 2 is 1.90 bits per heavy atom. The summed E-state index contributed by atoms with van der Waals surface area (Å²) in [5.41, 5.74) is 5.43. The number of aromatic amines is 1. The van der Waals surface area contributed by atoms with Gasteiger partial charge in [0.15, 0.2) is 11.0 Å². The Kier molecular flexibility index (Phi) is 8.08. The molecule has 0 saturated carbocycles. The minimum Gasteiger partial charge on any atom is -0.494 e. The highest BCUT2D eigenvalue weighted by Gasteiger charge is 2.22. The normalized spacial score (nSPS) is 11.6. The van der Waals surface area contributed by atoms with Crippen LogP contribution in [0, 0.1) is 0 Å². The van der Waals surface area contributed by atoms with Crippen LogP contribution >= 0.6 is 11.8 Å². The number of esters is 1. The number of nitrogens with one attached hydrogen (secondary N) is 2. The van der Waals surface area contributed by atoms with Crippen molar-refractivity contribution < 1.29 is 19.1 Å². The van der Waals surface area contributed by atoms with Gasteiger partial charge >= 0.3 is 5.97 Å². The van der Waals surface area contributed by atoms with Crippen LogP contribution in [-0.2, 0) is 9.53 Å². The van der Waals surface area contributed by atoms with Gasteiger partial charge in [0.1, 0.15) is 16.7 Å². The molecule has 0 aliphatic heterocycles. The van der Waals surface area contributed by atoms with Gasteiger partial charge < -0.3 is 20.5 Å². The number of nitrogens with two attached hydrogens (primary N) is 1. The molecule has 0 bridgehead atoms. The molecular formula is C19H24N4O5S. The maximum absolute atomic E-state index is 12.4. The van der Waals surface area contributed by atoms with Crippen LogP contribution in [0.4, 0.5) is 11.5 Å². The van der Waals surface area contributed by atoms with Gasteiger partial charge in [0.25, 0.3) is 11.5 Å². The van der Waals surface area contributed by atoms with Crippen LogP contribution in [0.3, 0.4) is 0 Å². The zero-order valence-corrected chi connectivity index (χ0v) is 17.3. The van der Waals surface area contributed by atoms with E-state index < -0.39 is 22.7 Å². The molecule has 0 unspecified atom stereocenters. The lowest BCUT2D eigenvalue weighted by Gasteiger charge is -2.13. The molecule has 0 fully saturated rings. The first-order valence-corrected chi connectivity index (χ1v) is 10.0. The molecule has 0 radical (unpaired) electrons. The number of nitrogen functional groups attached to an aromatic ring is 1. The third kappa shape index (κ3) is 5.98. The third-order valence-corrected chi connectivity index (χ3v) is 4.99. The molecule has 156 valence electrons. The van der Waals surface area contributed by atoms with Crippen molar-refractivity contribution in [3.63, 3.8) is 0 Å². The van der Waals surface area contributed by atoms with Crippen molar-refractivity contribution in [3.8, 4) is 5.75 Å². The summed E-state index contributed by atoms with van der Waals surface area (Å²) in [7, 11) is 0. The Hall–Kier alpha value is -3.01. The van der Waals surface area contributed by atoms with Gasteiger partial charge in [-0.05, 0) is 44.5 Å². The first-order valence-electron chi connectivity index (χ1n) is 9.16. The Balaban J connectivity index is 2.15. The molecule has 10 heteroatoms. The highest BCUT2D eigenvalue weighted by molar-refractivity contribution is 8.00. The first kappa shape index (κ1) is 22.3. The van der Waals surface area contributed by atoms with Crippen molar-refractivity contribution in [1.29, 1.82) is 0 Å². The average Bonchev–Trinajstić information content (AvgIpc) is 2.69. The fraction of sp³-hybridized carbons (Fsp3) is 0.368. The van der Waals surface area contributed by atoms with Gasteiger partial charge in [-0.3, -0.25) is 19.4 Å². The van der Waals surface area contributed by atoms with Crippen molar-refractivity contribution in [2.24, 2.45) is 0 Å². The minimum absolute atomic E-state index is 0.144. The highest BCUT2D eigenvalue weighted by Crippen LogP contribution is 2.24. The monoisotopic (exact) mass is 420 g/mol. The lowest BCUT2D eigenvalue weighted by molar-refractivity contribution is -0.142. The molecule has 1 amide bonds. The molecule has 0 aliphatic rings. The number of benzene rings is 1. The topological polar surface area (TPSA) is 136 Å². The van der Waals surface area contributed by atoms with E-state index >= 15 is 0 Å². The number of hydrogen-bond acceptors (Lipinski definition) is 8. The lowest BCUT2D eigenvalue weighted by Crippen LogP contribution is -2.24. The second kappa shape index (κ2) is 10.5. The van der Waals surface area contributed by atoms with Crippen LogP contribution in [0.1, 0.15) is 37.6 Å². The molecule has 29 heavy (non-hydrogen) atoms. The number of aromatic nitrogens is 2. The number of ether oxygens (including phenoxy) is 2. The zero-order chi connectivity index (χ0) is 21.4. The van der Waals surface area contributed by atoms with E-state index in [9.17, 15) is 14.4 Å². The molecule has 1 aromatic carbocycles. The molecule has 1 atom stereocenters. The highest BCUT2D eigenvalue weighted by atomic mass is 32.2. The zero-order valence-electron chi connectivity index (χ0n) is 16.5. The number of thioether (sulfide) groups is 1. The fourth-order valence-corrected chi connectivity index (χ4v) is 3.27. The summed E-state index contributed by atoms with van der Waals surface area (Å²) in [6.45, 7) is 6.18. The Bertz CT molecular complexity index is 914. The number of hydrogen-bond donors (Lipinski definition) is 3. The van der Waals surface area contributed by atoms with E-state index in [1.54, 1.807) is 31.2 Å². The van der Waals surface area contributed by atoms with Gasteiger partial charge in [-0.2, -0.15) is 0 Å². The van der Waals surface area contributed by atoms with Gasteiger partial charge in [0.05, 0.1) is 13.2 Å². The SMILES string of the molecule is CCOC(=O)[C@H](CC)Sc1nc(N)c(NC(=O)c2ccc(OCC)cc2)c(=O)[nH]1. The predicted octanol–water partition coefficient (Wildman–Crippen LogP) is 2.44. The molecule has 2 rings (SSSR count). The second-order valence-corrected chi connectivity index (χ2v) is 7.00. The molecule has 1 aromatic heterocycles. The minimum atomic E-state index is -0.613. The number of carbonyl (C=O) groups is 2. The second-order valence-electron chi connectivity index (χ2n) is 5.81. The number of anilines is 2. The Morgan fingerprint density at radius 3 is 2.45 bits per heavy atom. The first-order chi connectivity index (χ1) is 13.9. The number of nitrogens with zero attached hydrogens (tertiary/aromatic N) is 1. The summed E-state index contributed by atoms with van der Waals surface area (Å²) in [6, 6.07) is 6.47. The Labute approximate surface area is 172 Å². The van der Waals surface area contributed by atoms with Gasteiger partial charge in [0.2, 0.25) is 0 Å². The summed E-state index contributed by atoms with van der Waals surface area (Å²) in [6.07, 6.45) is 0.489. The van der Waals surface area contributed by atoms with Crippen molar-refractivity contribution in [1.82, 2.24) is 9.97 Å². The van der Waals surface area contributed by atoms with E-state index in [1.165, 1.54) is 0 Å². The average molecular weight is 420 g/mol. The van der Waals surface area contributed by atoms with E-state index in [1.807, 2.05) is 13.8 Å². The van der Waals surface area contributed by atoms with E-state index in [4.69, 9.17) is 15.2 Å². The summed E-state index contributed by atoms with van der Waals surface area (Å²) in [5, 5.41) is 2.12. The maximum atomic E-state index is 12.4. The van der Waals surface area contributed by atoms with Gasteiger partial charge in [0, 0.05) is 5.56 Å². The van der Waals surface area contributed by atoms with Crippen LogP contribution in [0.5, 0.6) is 5.75 Å². The van der Waals surface area contributed by atoms with Gasteiger partial charge in [-0.1, -0.05) is 18.7 Å². The molecule has 0 saturated heterocycles. The standard InChI is InChI=1S/C19H24N4O5S/c1-4-13(18(26)28-6-3)29-19-22-15(20)14(17(25)23-19)21-16(24)11-7-9-12(10-8-11)27-5-2/h7-10,13H,4-6H2,1-3H3,(H,21,24)(H3,20,22,23,25)/t13-/m0/s1. The maximum Gasteiger partial charge on any atom is 0.319 e. The quantitative estimate of drug-likeness (QED) is 0.320. The van der Waals surface area contributed by atoms with Crippen molar-refractivity contribution in [2.45, 2.75) is 37.6 Å². The number of rotatable bonds is 9. The molecule has 1 heterocycles. The molecule has 0 aliphatic carbocycles. The Morgan fingerprint density at radius 1 is 1.21 bits per heavy atom. The number of carbonyl (C=O) groups excluding carboxylic acids is 2. The molecule has 4 N–H and O–H groups in total. The van der Waals surface area contributed by atoms with Gasteiger partial charge in [-0.25, -0.2) is 4.98 Å². The van der Waals surface area contributed by atoms with Crippen LogP contribution < -0.4 is 21.3 Å². The van der Waals surface area contributed by atoms with Crippen LogP contribution in [0.25, 0.3) is 0 Å². The molecule has 0 spiro atoms. The van der Waals surface area contributed by atoms with Crippen molar-refractivity contribution >= 4 is 35.1 Å². The van der Waals surface area contributed by atoms with Crippen LogP contribution in [-0.4, -0.2) is 40.3 Å². The predicted molar refractivity (Wildman–Crippen MR) is 111 cm³/mol. The summed E-state index contributed by atoms with van der Waals surface area (Å²) < 4.78 is 10.3. The summed E-state index contributed by atoms with van der Waals surface area (Å²) in [5.74, 6) is -0.412. The van der Waals surface area contributed by atoms with E-state index in [-0.39, 0.29) is 23.3 Å². The van der Waals surface area contributed by atoms with Crippen LogP contribution in [0.2, 0.25) is 0 Å². The fourth-order valence-electron chi connectivity index (χ4n) is 2.37. The van der Waals surface area contributed by atoms with Crippen molar-refractivity contribution in [3.05, 3.63) is 40.2 Å². The van der Waals surface area contributed by atoms with Crippen molar-refractivity contribution in [2.75, 3.05) is 24.3 Å². The summed E-state index contributed by atoms with van der Waals surface area (Å²) >= 11 is 1.05. The van der Waals surface area contributed by atoms with E-state index in [0.717, 1.165) is 11.8 Å². The van der Waals surface area contributed by atoms with E-state index in [0.29, 0.717) is 24.3 Å². The summed E-state index contributed by atoms with van der Waals surface area (Å²) in [4.78, 5) is 43.3. The number of amides is 1. The molecule has 9 nitrogen and oxygen atoms in total. The number of H-pyrrole nitrogens is 1. The van der Waals surface area contributed by atoms with E-state index in [2.05, 4.69) is 15.3 Å².